The Hall–Kier alpha value is -2.52. The van der Waals surface area contributed by atoms with E-state index in [-0.39, 0.29) is 5.56 Å². The normalized spacial score (nSPS) is 12.3. The number of carbonyl (C=O) groups is 2. The van der Waals surface area contributed by atoms with Crippen molar-refractivity contribution in [2.24, 2.45) is 0 Å². The van der Waals surface area contributed by atoms with Crippen LogP contribution in [0, 0.1) is 13.8 Å². The van der Waals surface area contributed by atoms with Crippen LogP contribution in [0.1, 0.15) is 38.8 Å². The molecule has 0 aliphatic rings. The third kappa shape index (κ3) is 3.83. The third-order valence-corrected chi connectivity index (χ3v) is 5.86. The number of rotatable bonds is 7. The van der Waals surface area contributed by atoms with E-state index in [0.717, 1.165) is 11.1 Å². The van der Waals surface area contributed by atoms with E-state index in [9.17, 15) is 14.2 Å². The Morgan fingerprint density at radius 1 is 1.00 bits per heavy atom. The summed E-state index contributed by atoms with van der Waals surface area (Å²) < 4.78 is 23.2. The van der Waals surface area contributed by atoms with Gasteiger partial charge in [-0.1, -0.05) is 22.8 Å². The first kappa shape index (κ1) is 19.8. The number of ketones is 1. The van der Waals surface area contributed by atoms with Gasteiger partial charge >= 0.3 is 13.3 Å². The SMILES string of the molecule is COc1ccc(C(=O)C(C)[P+](=O)C(=O)c2c(C)cccc2C)c(OC)c1. The average Bonchev–Trinajstić information content (AvgIpc) is 2.65. The number of carbonyl (C=O) groups excluding carboxylic acids is 2. The fraction of sp³-hybridized carbons (Fsp3) is 0.300. The topological polar surface area (TPSA) is 69.7 Å². The Kier molecular flexibility index (Phi) is 6.27. The number of hydrogen-bond donors (Lipinski definition) is 0. The molecule has 0 aliphatic carbocycles. The molecule has 0 aliphatic heterocycles. The Bertz CT molecular complexity index is 852. The van der Waals surface area contributed by atoms with Crippen LogP contribution in [-0.4, -0.2) is 31.2 Å². The molecule has 0 amide bonds. The van der Waals surface area contributed by atoms with Crippen molar-refractivity contribution in [1.82, 2.24) is 0 Å². The lowest BCUT2D eigenvalue weighted by Gasteiger charge is -2.10. The predicted octanol–water partition coefficient (Wildman–Crippen LogP) is 4.56. The molecule has 2 aromatic rings. The molecule has 0 fully saturated rings. The molecule has 2 rings (SSSR count). The van der Waals surface area contributed by atoms with Crippen LogP contribution >= 0.6 is 7.80 Å². The van der Waals surface area contributed by atoms with Gasteiger partial charge in [-0.25, -0.2) is 4.79 Å². The van der Waals surface area contributed by atoms with Gasteiger partial charge in [0.2, 0.25) is 11.4 Å². The van der Waals surface area contributed by atoms with E-state index in [1.807, 2.05) is 6.07 Å². The number of benzene rings is 2. The maximum absolute atomic E-state index is 12.8. The van der Waals surface area contributed by atoms with Crippen molar-refractivity contribution in [2.75, 3.05) is 14.2 Å². The summed E-state index contributed by atoms with van der Waals surface area (Å²) in [6.07, 6.45) is 0. The number of aryl methyl sites for hydroxylation is 2. The second-order valence-corrected chi connectivity index (χ2v) is 7.84. The van der Waals surface area contributed by atoms with Crippen LogP contribution in [0.15, 0.2) is 36.4 Å². The quantitative estimate of drug-likeness (QED) is 0.526. The van der Waals surface area contributed by atoms with Crippen molar-refractivity contribution in [3.8, 4) is 11.5 Å². The van der Waals surface area contributed by atoms with E-state index < -0.39 is 24.8 Å². The second kappa shape index (κ2) is 8.24. The van der Waals surface area contributed by atoms with Crippen LogP contribution in [0.5, 0.6) is 11.5 Å². The molecule has 0 saturated carbocycles. The van der Waals surface area contributed by atoms with Crippen LogP contribution < -0.4 is 9.47 Å². The fourth-order valence-corrected chi connectivity index (χ4v) is 4.05. The molecule has 2 unspecified atom stereocenters. The molecule has 26 heavy (non-hydrogen) atoms. The smallest absolute Gasteiger partial charge is 0.431 e. The molecule has 0 radical (unpaired) electrons. The summed E-state index contributed by atoms with van der Waals surface area (Å²) in [5, 5.41) is 0. The molecular formula is C20H22O5P+. The molecule has 6 heteroatoms. The van der Waals surface area contributed by atoms with Gasteiger partial charge in [0.05, 0.1) is 25.3 Å². The zero-order valence-corrected chi connectivity index (χ0v) is 16.4. The van der Waals surface area contributed by atoms with Crippen molar-refractivity contribution in [1.29, 1.82) is 0 Å². The second-order valence-electron chi connectivity index (χ2n) is 6.00. The van der Waals surface area contributed by atoms with Crippen molar-refractivity contribution in [3.05, 3.63) is 58.7 Å². The monoisotopic (exact) mass is 373 g/mol. The Labute approximate surface area is 154 Å². The van der Waals surface area contributed by atoms with Crippen molar-refractivity contribution < 1.29 is 23.6 Å². The minimum atomic E-state index is -2.43. The van der Waals surface area contributed by atoms with Gasteiger partial charge in [-0.3, -0.25) is 4.79 Å². The van der Waals surface area contributed by atoms with Crippen molar-refractivity contribution >= 4 is 19.1 Å². The standard InChI is InChI=1S/C20H22O5P/c1-12-7-6-8-13(2)18(12)20(22)26(23)14(3)19(21)16-10-9-15(24-4)11-17(16)25-5/h6-11,14H,1-5H3/q+1. The van der Waals surface area contributed by atoms with Crippen LogP contribution in [-0.2, 0) is 4.57 Å². The lowest BCUT2D eigenvalue weighted by molar-refractivity contribution is 0.0979. The van der Waals surface area contributed by atoms with Gasteiger partial charge in [0, 0.05) is 6.07 Å². The summed E-state index contributed by atoms with van der Waals surface area (Å²) in [5.74, 6) is 0.469. The third-order valence-electron chi connectivity index (χ3n) is 4.30. The van der Waals surface area contributed by atoms with E-state index in [4.69, 9.17) is 9.47 Å². The highest BCUT2D eigenvalue weighted by atomic mass is 31.1. The van der Waals surface area contributed by atoms with Crippen molar-refractivity contribution in [3.63, 3.8) is 0 Å². The van der Waals surface area contributed by atoms with Crippen molar-refractivity contribution in [2.45, 2.75) is 26.4 Å². The Balaban J connectivity index is 2.33. The zero-order chi connectivity index (χ0) is 19.4. The molecule has 0 spiro atoms. The van der Waals surface area contributed by atoms with Gasteiger partial charge in [-0.05, 0) is 44.0 Å². The molecule has 0 heterocycles. The maximum atomic E-state index is 12.8. The zero-order valence-electron chi connectivity index (χ0n) is 15.5. The van der Waals surface area contributed by atoms with Crippen LogP contribution in [0.4, 0.5) is 0 Å². The summed E-state index contributed by atoms with van der Waals surface area (Å²) in [4.78, 5) is 25.5. The largest absolute Gasteiger partial charge is 0.497 e. The highest BCUT2D eigenvalue weighted by Gasteiger charge is 2.43. The Morgan fingerprint density at radius 3 is 2.15 bits per heavy atom. The predicted molar refractivity (Wildman–Crippen MR) is 101 cm³/mol. The molecule has 0 bridgehead atoms. The molecule has 0 aromatic heterocycles. The van der Waals surface area contributed by atoms with Crippen LogP contribution in [0.25, 0.3) is 0 Å². The van der Waals surface area contributed by atoms with Gasteiger partial charge in [-0.15, -0.1) is 0 Å². The minimum Gasteiger partial charge on any atom is -0.497 e. The first-order valence-corrected chi connectivity index (χ1v) is 9.47. The number of ether oxygens (including phenoxy) is 2. The van der Waals surface area contributed by atoms with E-state index in [0.29, 0.717) is 17.1 Å². The minimum absolute atomic E-state index is 0.276. The summed E-state index contributed by atoms with van der Waals surface area (Å²) >= 11 is 0. The van der Waals surface area contributed by atoms with Gasteiger partial charge < -0.3 is 9.47 Å². The lowest BCUT2D eigenvalue weighted by Crippen LogP contribution is -2.18. The number of hydrogen-bond acceptors (Lipinski definition) is 5. The molecule has 0 N–H and O–H groups in total. The average molecular weight is 373 g/mol. The van der Waals surface area contributed by atoms with E-state index in [2.05, 4.69) is 0 Å². The van der Waals surface area contributed by atoms with Gasteiger partial charge in [0.15, 0.2) is 0 Å². The molecule has 5 nitrogen and oxygen atoms in total. The maximum Gasteiger partial charge on any atom is 0.431 e. The fourth-order valence-electron chi connectivity index (χ4n) is 2.77. The molecule has 2 atom stereocenters. The molecule has 136 valence electrons. The van der Waals surface area contributed by atoms with E-state index >= 15 is 0 Å². The molecular weight excluding hydrogens is 351 g/mol. The first-order valence-electron chi connectivity index (χ1n) is 8.15. The van der Waals surface area contributed by atoms with Crippen LogP contribution in [0.3, 0.4) is 0 Å². The van der Waals surface area contributed by atoms with Crippen LogP contribution in [0.2, 0.25) is 0 Å². The molecule has 0 saturated heterocycles. The summed E-state index contributed by atoms with van der Waals surface area (Å²) in [7, 11) is 0.527. The first-order chi connectivity index (χ1) is 12.3. The number of methoxy groups -OCH3 is 2. The Morgan fingerprint density at radius 2 is 1.62 bits per heavy atom. The number of Topliss-reactive ketones (excluding diaryl/α,β-unsaturated/α-hetero) is 1. The summed E-state index contributed by atoms with van der Waals surface area (Å²) in [6, 6.07) is 10.2. The highest BCUT2D eigenvalue weighted by molar-refractivity contribution is 7.66. The lowest BCUT2D eigenvalue weighted by atomic mass is 10.0. The highest BCUT2D eigenvalue weighted by Crippen LogP contribution is 2.38. The summed E-state index contributed by atoms with van der Waals surface area (Å²) in [5.41, 5.74) is 0.746. The van der Waals surface area contributed by atoms with E-state index in [1.54, 1.807) is 44.2 Å². The van der Waals surface area contributed by atoms with Gasteiger partial charge in [-0.2, -0.15) is 0 Å². The summed E-state index contributed by atoms with van der Waals surface area (Å²) in [6.45, 7) is 5.10. The van der Waals surface area contributed by atoms with Gasteiger partial charge in [0.1, 0.15) is 11.5 Å². The molecule has 2 aromatic carbocycles. The van der Waals surface area contributed by atoms with E-state index in [1.165, 1.54) is 21.1 Å². The van der Waals surface area contributed by atoms with Gasteiger partial charge in [0.25, 0.3) is 0 Å².